The molecule has 4 N–H and O–H groups in total. The van der Waals surface area contributed by atoms with Gasteiger partial charge in [0, 0.05) is 56.0 Å². The summed E-state index contributed by atoms with van der Waals surface area (Å²) < 4.78 is 26.9. The van der Waals surface area contributed by atoms with Crippen molar-refractivity contribution in [3.63, 3.8) is 0 Å². The highest BCUT2D eigenvalue weighted by Gasteiger charge is 2.18. The average molecular weight is 474 g/mol. The van der Waals surface area contributed by atoms with Crippen molar-refractivity contribution in [3.05, 3.63) is 48.3 Å². The summed E-state index contributed by atoms with van der Waals surface area (Å²) >= 11 is 0. The lowest BCUT2D eigenvalue weighted by Gasteiger charge is -2.30. The molecule has 0 spiro atoms. The van der Waals surface area contributed by atoms with E-state index in [-0.39, 0.29) is 5.75 Å². The molecule has 0 bridgehead atoms. The average Bonchev–Trinajstić information content (AvgIpc) is 3.17. The van der Waals surface area contributed by atoms with Crippen molar-refractivity contribution < 1.29 is 18.6 Å². The van der Waals surface area contributed by atoms with Crippen molar-refractivity contribution in [3.8, 4) is 11.4 Å². The van der Waals surface area contributed by atoms with Gasteiger partial charge in [0.15, 0.2) is 11.6 Å². The Labute approximate surface area is 193 Å². The van der Waals surface area contributed by atoms with Crippen LogP contribution in [-0.4, -0.2) is 67.4 Å². The molecule has 4 rings (SSSR count). The van der Waals surface area contributed by atoms with Crippen LogP contribution in [0.25, 0.3) is 11.4 Å². The molecule has 11 nitrogen and oxygen atoms in total. The largest absolute Gasteiger partial charge is 0.378 e. The number of benzene rings is 1. The number of nitrogens with zero attached hydrogens (tertiary/aromatic N) is 5. The summed E-state index contributed by atoms with van der Waals surface area (Å²) in [6.07, 6.45) is 3.14. The molecule has 0 unspecified atom stereocenters. The first-order valence-corrected chi connectivity index (χ1v) is 12.5. The second-order valence-corrected chi connectivity index (χ2v) is 10.1. The number of rotatable bonds is 6. The van der Waals surface area contributed by atoms with Crippen LogP contribution in [0.5, 0.6) is 0 Å². The Morgan fingerprint density at radius 1 is 1.12 bits per heavy atom. The van der Waals surface area contributed by atoms with Gasteiger partial charge in [0.25, 0.3) is 0 Å². The highest BCUT2D eigenvalue weighted by Crippen LogP contribution is 2.38. The number of morpholine rings is 1. The van der Waals surface area contributed by atoms with Gasteiger partial charge in [-0.15, -0.1) is 0 Å². The number of carbonyl (C=O) groups excluding carboxylic acids is 1. The minimum atomic E-state index is -2.76. The Bertz CT molecular complexity index is 1110. The van der Waals surface area contributed by atoms with E-state index >= 15 is 0 Å². The lowest BCUT2D eigenvalue weighted by molar-refractivity contribution is 0.122. The molecule has 0 saturated carbocycles. The first kappa shape index (κ1) is 23.0. The van der Waals surface area contributed by atoms with E-state index in [2.05, 4.69) is 25.6 Å². The van der Waals surface area contributed by atoms with Crippen LogP contribution in [0.1, 0.15) is 5.69 Å². The van der Waals surface area contributed by atoms with E-state index in [1.807, 2.05) is 12.1 Å². The third kappa shape index (κ3) is 6.42. The fourth-order valence-electron chi connectivity index (χ4n) is 3.38. The number of hydrogen-bond acceptors (Lipinski definition) is 8. The first-order valence-electron chi connectivity index (χ1n) is 10.3. The standard InChI is InChI=1S/C21H27N7O4S/c1-27-8-7-18(26-27)24-21(29)23-16-5-3-15(4-6-16)20-22-17(14-33(2,30)31)13-19(25-20)28-9-11-32-12-10-28/h3-8,13,30-31H,9-12,14H2,1-2H3,(H2,23,24,26,29). The van der Waals surface area contributed by atoms with Crippen LogP contribution >= 0.6 is 10.6 Å². The molecular formula is C21H27N7O4S. The molecule has 1 aromatic carbocycles. The summed E-state index contributed by atoms with van der Waals surface area (Å²) in [5.41, 5.74) is 1.90. The van der Waals surface area contributed by atoms with Gasteiger partial charge >= 0.3 is 6.03 Å². The topological polar surface area (TPSA) is 138 Å². The molecule has 2 amide bonds. The molecule has 1 aliphatic heterocycles. The number of hydrogen-bond donors (Lipinski definition) is 4. The SMILES string of the molecule is Cn1ccc(NC(=O)Nc2ccc(-c3nc(CS(C)(O)O)cc(N4CCOCC4)n3)cc2)n1. The van der Waals surface area contributed by atoms with Gasteiger partial charge in [0.05, 0.1) is 24.7 Å². The van der Waals surface area contributed by atoms with Crippen molar-refractivity contribution in [1.82, 2.24) is 19.7 Å². The predicted molar refractivity (Wildman–Crippen MR) is 129 cm³/mol. The van der Waals surface area contributed by atoms with Crippen molar-refractivity contribution in [2.24, 2.45) is 7.05 Å². The molecule has 12 heteroatoms. The molecule has 2 aromatic heterocycles. The number of carbonyl (C=O) groups is 1. The molecule has 1 aliphatic rings. The van der Waals surface area contributed by atoms with Gasteiger partial charge in [0.2, 0.25) is 0 Å². The predicted octanol–water partition coefficient (Wildman–Crippen LogP) is 3.24. The molecule has 0 aliphatic carbocycles. The summed E-state index contributed by atoms with van der Waals surface area (Å²) in [7, 11) is -0.993. The molecule has 0 atom stereocenters. The Hall–Kier alpha value is -3.19. The van der Waals surface area contributed by atoms with Gasteiger partial charge in [-0.1, -0.05) is 0 Å². The number of aryl methyl sites for hydroxylation is 1. The maximum Gasteiger partial charge on any atom is 0.324 e. The van der Waals surface area contributed by atoms with Crippen LogP contribution in [-0.2, 0) is 17.5 Å². The molecule has 33 heavy (non-hydrogen) atoms. The molecular weight excluding hydrogens is 446 g/mol. The molecule has 1 saturated heterocycles. The van der Waals surface area contributed by atoms with Crippen LogP contribution in [0.4, 0.5) is 22.1 Å². The van der Waals surface area contributed by atoms with Crippen molar-refractivity contribution >= 4 is 33.9 Å². The van der Waals surface area contributed by atoms with E-state index < -0.39 is 16.6 Å². The van der Waals surface area contributed by atoms with Gasteiger partial charge in [-0.3, -0.25) is 19.1 Å². The van der Waals surface area contributed by atoms with Crippen molar-refractivity contribution in [1.29, 1.82) is 0 Å². The fraction of sp³-hybridized carbons (Fsp3) is 0.333. The minimum Gasteiger partial charge on any atom is -0.378 e. The zero-order valence-electron chi connectivity index (χ0n) is 18.4. The maximum atomic E-state index is 12.2. The highest BCUT2D eigenvalue weighted by molar-refractivity contribution is 8.23. The summed E-state index contributed by atoms with van der Waals surface area (Å²) in [4.78, 5) is 23.5. The van der Waals surface area contributed by atoms with Crippen molar-refractivity contribution in [2.45, 2.75) is 5.75 Å². The second-order valence-electron chi connectivity index (χ2n) is 7.81. The third-order valence-corrected chi connectivity index (χ3v) is 5.72. The molecule has 0 radical (unpaired) electrons. The lowest BCUT2D eigenvalue weighted by atomic mass is 10.2. The van der Waals surface area contributed by atoms with Gasteiger partial charge < -0.3 is 15.0 Å². The number of ether oxygens (including phenoxy) is 1. The molecule has 176 valence electrons. The van der Waals surface area contributed by atoms with Gasteiger partial charge in [-0.2, -0.15) is 15.7 Å². The fourth-order valence-corrected chi connectivity index (χ4v) is 4.09. The Kier molecular flexibility index (Phi) is 6.79. The van der Waals surface area contributed by atoms with Gasteiger partial charge in [0.1, 0.15) is 5.82 Å². The number of nitrogens with one attached hydrogen (secondary N) is 2. The van der Waals surface area contributed by atoms with Crippen LogP contribution in [0, 0.1) is 0 Å². The van der Waals surface area contributed by atoms with Crippen LogP contribution in [0.2, 0.25) is 0 Å². The normalized spacial score (nSPS) is 14.7. The lowest BCUT2D eigenvalue weighted by Crippen LogP contribution is -2.37. The molecule has 1 fully saturated rings. The first-order chi connectivity index (χ1) is 15.7. The Morgan fingerprint density at radius 3 is 2.48 bits per heavy atom. The summed E-state index contributed by atoms with van der Waals surface area (Å²) in [6, 6.07) is 10.2. The van der Waals surface area contributed by atoms with E-state index in [0.717, 1.165) is 11.4 Å². The van der Waals surface area contributed by atoms with Crippen LogP contribution in [0.3, 0.4) is 0 Å². The highest BCUT2D eigenvalue weighted by atomic mass is 32.3. The molecule has 3 aromatic rings. The van der Waals surface area contributed by atoms with E-state index in [4.69, 9.17) is 9.72 Å². The van der Waals surface area contributed by atoms with E-state index in [1.165, 1.54) is 6.26 Å². The number of urea groups is 1. The zero-order chi connectivity index (χ0) is 23.4. The molecule has 3 heterocycles. The smallest absolute Gasteiger partial charge is 0.324 e. The Balaban J connectivity index is 1.53. The van der Waals surface area contributed by atoms with Crippen LogP contribution in [0.15, 0.2) is 42.6 Å². The second kappa shape index (κ2) is 9.75. The van der Waals surface area contributed by atoms with E-state index in [0.29, 0.717) is 49.3 Å². The number of anilines is 3. The quantitative estimate of drug-likeness (QED) is 0.428. The third-order valence-electron chi connectivity index (χ3n) is 4.88. The van der Waals surface area contributed by atoms with Gasteiger partial charge in [-0.05, 0) is 24.3 Å². The monoisotopic (exact) mass is 473 g/mol. The number of aromatic nitrogens is 4. The van der Waals surface area contributed by atoms with E-state index in [9.17, 15) is 13.9 Å². The summed E-state index contributed by atoms with van der Waals surface area (Å²) in [5, 5.41) is 9.53. The summed E-state index contributed by atoms with van der Waals surface area (Å²) in [5.74, 6) is 1.70. The summed E-state index contributed by atoms with van der Waals surface area (Å²) in [6.45, 7) is 2.62. The maximum absolute atomic E-state index is 12.2. The zero-order valence-corrected chi connectivity index (χ0v) is 19.2. The Morgan fingerprint density at radius 2 is 1.85 bits per heavy atom. The van der Waals surface area contributed by atoms with E-state index in [1.54, 1.807) is 42.2 Å². The van der Waals surface area contributed by atoms with Crippen molar-refractivity contribution in [2.75, 3.05) is 48.1 Å². The van der Waals surface area contributed by atoms with Crippen LogP contribution < -0.4 is 15.5 Å². The van der Waals surface area contributed by atoms with Gasteiger partial charge in [-0.25, -0.2) is 14.8 Å². The minimum absolute atomic E-state index is 0.0488. The number of amides is 2.